The van der Waals surface area contributed by atoms with Crippen molar-refractivity contribution in [1.29, 1.82) is 0 Å². The smallest absolute Gasteiger partial charge is 0.321 e. The molecule has 7 heteroatoms. The van der Waals surface area contributed by atoms with Crippen LogP contribution in [0.15, 0.2) is 30.6 Å². The fraction of sp³-hybridized carbons (Fsp3) is 0.353. The first-order valence-corrected chi connectivity index (χ1v) is 8.02. The number of carbonyl (C=O) groups is 1. The number of ether oxygens (including phenoxy) is 2. The summed E-state index contributed by atoms with van der Waals surface area (Å²) in [6.07, 6.45) is 4.70. The minimum Gasteiger partial charge on any atom is -0.424 e. The first kappa shape index (κ1) is 16.7. The number of anilines is 1. The molecule has 0 radical (unpaired) electrons. The van der Waals surface area contributed by atoms with Gasteiger partial charge in [0.05, 0.1) is 23.5 Å². The molecule has 2 aromatic rings. The molecule has 0 spiro atoms. The summed E-state index contributed by atoms with van der Waals surface area (Å²) in [4.78, 5) is 20.1. The van der Waals surface area contributed by atoms with Gasteiger partial charge in [-0.2, -0.15) is 0 Å². The Labute approximate surface area is 145 Å². The quantitative estimate of drug-likeness (QED) is 0.894. The molecular weight excluding hydrogens is 330 g/mol. The molecule has 1 amide bonds. The number of benzene rings is 1. The third-order valence-corrected chi connectivity index (χ3v) is 4.23. The van der Waals surface area contributed by atoms with E-state index in [1.54, 1.807) is 19.2 Å². The molecular formula is C17H18ClN3O3. The van der Waals surface area contributed by atoms with Crippen molar-refractivity contribution in [3.63, 3.8) is 0 Å². The summed E-state index contributed by atoms with van der Waals surface area (Å²) in [6, 6.07) is 5.65. The monoisotopic (exact) mass is 347 g/mol. The molecule has 1 aromatic heterocycles. The van der Waals surface area contributed by atoms with Crippen LogP contribution in [0.5, 0.6) is 11.8 Å². The van der Waals surface area contributed by atoms with Crippen LogP contribution in [0.1, 0.15) is 18.4 Å². The SMILES string of the molecule is COC1CC(C(=O)Nc2ccc(Oc3ncc(Cl)cn3)c(C)c2)C1. The molecule has 1 N–H and O–H groups in total. The molecule has 3 rings (SSSR count). The van der Waals surface area contributed by atoms with E-state index in [1.807, 2.05) is 13.0 Å². The molecule has 0 unspecified atom stereocenters. The molecule has 1 saturated carbocycles. The van der Waals surface area contributed by atoms with Gasteiger partial charge in [-0.3, -0.25) is 4.79 Å². The van der Waals surface area contributed by atoms with Crippen LogP contribution in [0.25, 0.3) is 0 Å². The summed E-state index contributed by atoms with van der Waals surface area (Å²) < 4.78 is 10.8. The number of aryl methyl sites for hydroxylation is 1. The van der Waals surface area contributed by atoms with Gasteiger partial charge in [0.25, 0.3) is 0 Å². The van der Waals surface area contributed by atoms with Gasteiger partial charge in [0.2, 0.25) is 5.91 Å². The van der Waals surface area contributed by atoms with Crippen LogP contribution < -0.4 is 10.1 Å². The number of halogens is 1. The van der Waals surface area contributed by atoms with Crippen LogP contribution in [0.3, 0.4) is 0 Å². The summed E-state index contributed by atoms with van der Waals surface area (Å²) in [5, 5.41) is 3.38. The maximum atomic E-state index is 12.1. The van der Waals surface area contributed by atoms with Gasteiger partial charge in [0, 0.05) is 18.7 Å². The highest BCUT2D eigenvalue weighted by atomic mass is 35.5. The van der Waals surface area contributed by atoms with Gasteiger partial charge in [0.15, 0.2) is 0 Å². The van der Waals surface area contributed by atoms with E-state index >= 15 is 0 Å². The molecule has 1 aromatic carbocycles. The molecule has 1 aliphatic rings. The molecule has 6 nitrogen and oxygen atoms in total. The Hall–Kier alpha value is -2.18. The summed E-state index contributed by atoms with van der Waals surface area (Å²) in [5.41, 5.74) is 1.61. The number of nitrogens with one attached hydrogen (secondary N) is 1. The summed E-state index contributed by atoms with van der Waals surface area (Å²) in [5.74, 6) is 0.671. The lowest BCUT2D eigenvalue weighted by atomic mass is 9.81. The lowest BCUT2D eigenvalue weighted by molar-refractivity contribution is -0.127. The number of amides is 1. The van der Waals surface area contributed by atoms with Crippen LogP contribution >= 0.6 is 11.6 Å². The Kier molecular flexibility index (Phi) is 4.97. The topological polar surface area (TPSA) is 73.3 Å². The molecule has 0 bridgehead atoms. The van der Waals surface area contributed by atoms with Crippen molar-refractivity contribution in [2.75, 3.05) is 12.4 Å². The van der Waals surface area contributed by atoms with Crippen molar-refractivity contribution in [2.24, 2.45) is 5.92 Å². The van der Waals surface area contributed by atoms with E-state index in [2.05, 4.69) is 15.3 Å². The lowest BCUT2D eigenvalue weighted by Gasteiger charge is -2.32. The molecule has 126 valence electrons. The molecule has 1 aliphatic carbocycles. The van der Waals surface area contributed by atoms with Crippen molar-refractivity contribution in [3.8, 4) is 11.8 Å². The largest absolute Gasteiger partial charge is 0.424 e. The van der Waals surface area contributed by atoms with Crippen molar-refractivity contribution in [2.45, 2.75) is 25.9 Å². The van der Waals surface area contributed by atoms with E-state index in [0.717, 1.165) is 24.1 Å². The zero-order valence-electron chi connectivity index (χ0n) is 13.5. The third kappa shape index (κ3) is 3.83. The first-order chi connectivity index (χ1) is 11.5. The molecule has 1 fully saturated rings. The molecule has 24 heavy (non-hydrogen) atoms. The molecule has 1 heterocycles. The van der Waals surface area contributed by atoms with E-state index < -0.39 is 0 Å². The van der Waals surface area contributed by atoms with E-state index in [9.17, 15) is 4.79 Å². The Morgan fingerprint density at radius 1 is 1.29 bits per heavy atom. The number of hydrogen-bond donors (Lipinski definition) is 1. The highest BCUT2D eigenvalue weighted by Crippen LogP contribution is 2.31. The number of rotatable bonds is 5. The van der Waals surface area contributed by atoms with E-state index in [1.165, 1.54) is 12.4 Å². The second-order valence-electron chi connectivity index (χ2n) is 5.78. The van der Waals surface area contributed by atoms with Gasteiger partial charge in [0.1, 0.15) is 5.75 Å². The standard InChI is InChI=1S/C17H18ClN3O3/c1-10-5-13(21-16(22)11-6-14(7-11)23-2)3-4-15(10)24-17-19-8-12(18)9-20-17/h3-5,8-9,11,14H,6-7H2,1-2H3,(H,21,22). The fourth-order valence-electron chi connectivity index (χ4n) is 2.51. The number of nitrogens with zero attached hydrogens (tertiary/aromatic N) is 2. The second kappa shape index (κ2) is 7.15. The van der Waals surface area contributed by atoms with Crippen molar-refractivity contribution in [3.05, 3.63) is 41.2 Å². The maximum absolute atomic E-state index is 12.1. The summed E-state index contributed by atoms with van der Waals surface area (Å²) in [7, 11) is 1.67. The van der Waals surface area contributed by atoms with Crippen LogP contribution in [0.4, 0.5) is 5.69 Å². The van der Waals surface area contributed by atoms with Crippen molar-refractivity contribution < 1.29 is 14.3 Å². The van der Waals surface area contributed by atoms with Crippen LogP contribution in [-0.4, -0.2) is 29.1 Å². The van der Waals surface area contributed by atoms with Gasteiger partial charge in [-0.25, -0.2) is 9.97 Å². The molecule has 0 aliphatic heterocycles. The van der Waals surface area contributed by atoms with Gasteiger partial charge >= 0.3 is 6.01 Å². The van der Waals surface area contributed by atoms with E-state index in [-0.39, 0.29) is 23.9 Å². The van der Waals surface area contributed by atoms with Gasteiger partial charge in [-0.1, -0.05) is 11.6 Å². The van der Waals surface area contributed by atoms with Gasteiger partial charge < -0.3 is 14.8 Å². The lowest BCUT2D eigenvalue weighted by Crippen LogP contribution is -2.38. The highest BCUT2D eigenvalue weighted by molar-refractivity contribution is 6.30. The van der Waals surface area contributed by atoms with Crippen molar-refractivity contribution >= 4 is 23.2 Å². The zero-order valence-corrected chi connectivity index (χ0v) is 14.2. The first-order valence-electron chi connectivity index (χ1n) is 7.65. The number of methoxy groups -OCH3 is 1. The van der Waals surface area contributed by atoms with E-state index in [0.29, 0.717) is 10.8 Å². The Morgan fingerprint density at radius 3 is 2.62 bits per heavy atom. The Bertz CT molecular complexity index is 730. The number of carbonyl (C=O) groups excluding carboxylic acids is 1. The maximum Gasteiger partial charge on any atom is 0.321 e. The average molecular weight is 348 g/mol. The van der Waals surface area contributed by atoms with Gasteiger partial charge in [-0.15, -0.1) is 0 Å². The molecule has 0 saturated heterocycles. The van der Waals surface area contributed by atoms with Gasteiger partial charge in [-0.05, 0) is 43.5 Å². The predicted molar refractivity (Wildman–Crippen MR) is 90.4 cm³/mol. The highest BCUT2D eigenvalue weighted by Gasteiger charge is 2.34. The summed E-state index contributed by atoms with van der Waals surface area (Å²) >= 11 is 5.75. The fourth-order valence-corrected chi connectivity index (χ4v) is 2.61. The summed E-state index contributed by atoms with van der Waals surface area (Å²) in [6.45, 7) is 1.89. The Balaban J connectivity index is 1.62. The van der Waals surface area contributed by atoms with Crippen molar-refractivity contribution in [1.82, 2.24) is 9.97 Å². The normalized spacial score (nSPS) is 19.5. The van der Waals surface area contributed by atoms with Crippen LogP contribution in [0, 0.1) is 12.8 Å². The predicted octanol–water partition coefficient (Wildman–Crippen LogP) is 3.59. The van der Waals surface area contributed by atoms with Crippen LogP contribution in [-0.2, 0) is 9.53 Å². The number of aromatic nitrogens is 2. The van der Waals surface area contributed by atoms with E-state index in [4.69, 9.17) is 21.1 Å². The number of hydrogen-bond acceptors (Lipinski definition) is 5. The molecule has 0 atom stereocenters. The minimum absolute atomic E-state index is 0.0219. The minimum atomic E-state index is 0.0219. The van der Waals surface area contributed by atoms with Crippen LogP contribution in [0.2, 0.25) is 5.02 Å². The Morgan fingerprint density at radius 2 is 2.00 bits per heavy atom. The zero-order chi connectivity index (χ0) is 17.1. The second-order valence-corrected chi connectivity index (χ2v) is 6.22. The third-order valence-electron chi connectivity index (χ3n) is 4.04. The average Bonchev–Trinajstić information content (AvgIpc) is 2.51.